The van der Waals surface area contributed by atoms with Gasteiger partial charge in [0.15, 0.2) is 0 Å². The van der Waals surface area contributed by atoms with E-state index in [4.69, 9.17) is 9.72 Å². The van der Waals surface area contributed by atoms with E-state index in [1.165, 1.54) is 24.1 Å². The largest absolute Gasteiger partial charge is 0.379 e. The second-order valence-corrected chi connectivity index (χ2v) is 8.14. The Morgan fingerprint density at radius 2 is 1.83 bits per heavy atom. The van der Waals surface area contributed by atoms with Crippen molar-refractivity contribution in [3.63, 3.8) is 0 Å². The highest BCUT2D eigenvalue weighted by Crippen LogP contribution is 2.29. The maximum atomic E-state index is 5.47. The molecule has 2 aliphatic rings. The molecule has 1 aromatic heterocycles. The SMILES string of the molecule is Cc1nc2c(c(N(C)CC(C)(C)CN3CCOCC3)n1)CCCC2. The summed E-state index contributed by atoms with van der Waals surface area (Å²) in [6, 6.07) is 0. The van der Waals surface area contributed by atoms with Crippen LogP contribution in [0.15, 0.2) is 0 Å². The molecule has 0 bridgehead atoms. The quantitative estimate of drug-likeness (QED) is 0.828. The maximum Gasteiger partial charge on any atom is 0.135 e. The molecular formula is C19H32N4O. The van der Waals surface area contributed by atoms with Gasteiger partial charge in [0, 0.05) is 44.5 Å². The fraction of sp³-hybridized carbons (Fsp3) is 0.789. The van der Waals surface area contributed by atoms with Crippen LogP contribution >= 0.6 is 0 Å². The van der Waals surface area contributed by atoms with Crippen molar-refractivity contribution in [1.29, 1.82) is 0 Å². The fourth-order valence-electron chi connectivity index (χ4n) is 4.14. The van der Waals surface area contributed by atoms with Crippen LogP contribution in [-0.4, -0.2) is 61.3 Å². The standard InChI is InChI=1S/C19H32N4O/c1-15-20-17-8-6-5-7-16(17)18(21-15)22(4)13-19(2,3)14-23-9-11-24-12-10-23/h5-14H2,1-4H3. The molecule has 134 valence electrons. The van der Waals surface area contributed by atoms with Crippen molar-refractivity contribution in [3.8, 4) is 0 Å². The lowest BCUT2D eigenvalue weighted by Crippen LogP contribution is -2.45. The van der Waals surface area contributed by atoms with Gasteiger partial charge in [-0.3, -0.25) is 4.90 Å². The molecule has 1 aliphatic carbocycles. The second kappa shape index (κ2) is 7.36. The molecule has 1 aromatic rings. The van der Waals surface area contributed by atoms with Crippen LogP contribution < -0.4 is 4.90 Å². The third-order valence-electron chi connectivity index (χ3n) is 5.06. The highest BCUT2D eigenvalue weighted by molar-refractivity contribution is 5.50. The molecule has 0 aromatic carbocycles. The van der Waals surface area contributed by atoms with E-state index in [1.54, 1.807) is 0 Å². The average Bonchev–Trinajstić information content (AvgIpc) is 2.54. The molecule has 0 N–H and O–H groups in total. The van der Waals surface area contributed by atoms with Crippen molar-refractivity contribution in [2.45, 2.75) is 46.5 Å². The number of aromatic nitrogens is 2. The van der Waals surface area contributed by atoms with E-state index in [-0.39, 0.29) is 5.41 Å². The fourth-order valence-corrected chi connectivity index (χ4v) is 4.14. The summed E-state index contributed by atoms with van der Waals surface area (Å²) in [5.41, 5.74) is 2.88. The van der Waals surface area contributed by atoms with Crippen LogP contribution in [0, 0.1) is 12.3 Å². The lowest BCUT2D eigenvalue weighted by Gasteiger charge is -2.38. The molecule has 5 nitrogen and oxygen atoms in total. The normalized spacial score (nSPS) is 19.2. The second-order valence-electron chi connectivity index (χ2n) is 8.14. The van der Waals surface area contributed by atoms with Crippen LogP contribution in [-0.2, 0) is 17.6 Å². The molecule has 0 amide bonds. The van der Waals surface area contributed by atoms with Crippen LogP contribution in [0.1, 0.15) is 43.8 Å². The summed E-state index contributed by atoms with van der Waals surface area (Å²) in [6.45, 7) is 12.7. The first-order valence-corrected chi connectivity index (χ1v) is 9.32. The van der Waals surface area contributed by atoms with Gasteiger partial charge >= 0.3 is 0 Å². The predicted molar refractivity (Wildman–Crippen MR) is 97.7 cm³/mol. The number of ether oxygens (including phenoxy) is 1. The van der Waals surface area contributed by atoms with Gasteiger partial charge in [0.2, 0.25) is 0 Å². The lowest BCUT2D eigenvalue weighted by atomic mass is 9.91. The Bertz CT molecular complexity index is 567. The maximum absolute atomic E-state index is 5.47. The van der Waals surface area contributed by atoms with Crippen molar-refractivity contribution in [1.82, 2.24) is 14.9 Å². The summed E-state index contributed by atoms with van der Waals surface area (Å²) in [7, 11) is 2.19. The van der Waals surface area contributed by atoms with Crippen molar-refractivity contribution < 1.29 is 4.74 Å². The number of rotatable bonds is 5. The predicted octanol–water partition coefficient (Wildman–Crippen LogP) is 2.46. The molecule has 24 heavy (non-hydrogen) atoms. The van der Waals surface area contributed by atoms with Crippen LogP contribution in [0.5, 0.6) is 0 Å². The summed E-state index contributed by atoms with van der Waals surface area (Å²) in [5.74, 6) is 2.07. The van der Waals surface area contributed by atoms with Gasteiger partial charge in [-0.15, -0.1) is 0 Å². The Morgan fingerprint density at radius 1 is 1.12 bits per heavy atom. The number of fused-ring (bicyclic) bond motifs is 1. The zero-order chi connectivity index (χ0) is 17.2. The van der Waals surface area contributed by atoms with Crippen LogP contribution in [0.3, 0.4) is 0 Å². The van der Waals surface area contributed by atoms with Gasteiger partial charge in [-0.1, -0.05) is 13.8 Å². The third-order valence-corrected chi connectivity index (χ3v) is 5.06. The minimum absolute atomic E-state index is 0.215. The van der Waals surface area contributed by atoms with Crippen molar-refractivity contribution in [3.05, 3.63) is 17.1 Å². The molecule has 0 saturated carbocycles. The molecule has 0 atom stereocenters. The molecule has 5 heteroatoms. The third kappa shape index (κ3) is 4.25. The van der Waals surface area contributed by atoms with E-state index < -0.39 is 0 Å². The van der Waals surface area contributed by atoms with Gasteiger partial charge < -0.3 is 9.64 Å². The number of hydrogen-bond donors (Lipinski definition) is 0. The Labute approximate surface area is 146 Å². The smallest absolute Gasteiger partial charge is 0.135 e. The zero-order valence-electron chi connectivity index (χ0n) is 15.8. The Balaban J connectivity index is 1.71. The molecule has 0 radical (unpaired) electrons. The topological polar surface area (TPSA) is 41.5 Å². The van der Waals surface area contributed by atoms with Crippen molar-refractivity contribution in [2.24, 2.45) is 5.41 Å². The lowest BCUT2D eigenvalue weighted by molar-refractivity contribution is 0.0223. The first-order chi connectivity index (χ1) is 11.4. The Kier molecular flexibility index (Phi) is 5.40. The van der Waals surface area contributed by atoms with Gasteiger partial charge in [0.05, 0.1) is 13.2 Å². The number of hydrogen-bond acceptors (Lipinski definition) is 5. The summed E-state index contributed by atoms with van der Waals surface area (Å²) in [6.07, 6.45) is 4.75. The van der Waals surface area contributed by atoms with Crippen LogP contribution in [0.4, 0.5) is 5.82 Å². The monoisotopic (exact) mass is 332 g/mol. The van der Waals surface area contributed by atoms with E-state index in [0.29, 0.717) is 0 Å². The number of morpholine rings is 1. The highest BCUT2D eigenvalue weighted by atomic mass is 16.5. The Morgan fingerprint density at radius 3 is 2.58 bits per heavy atom. The summed E-state index contributed by atoms with van der Waals surface area (Å²) in [5, 5.41) is 0. The van der Waals surface area contributed by atoms with E-state index in [9.17, 15) is 0 Å². The van der Waals surface area contributed by atoms with Gasteiger partial charge in [0.25, 0.3) is 0 Å². The molecule has 1 fully saturated rings. The minimum Gasteiger partial charge on any atom is -0.379 e. The molecule has 2 heterocycles. The van der Waals surface area contributed by atoms with Gasteiger partial charge in [-0.25, -0.2) is 9.97 Å². The van der Waals surface area contributed by atoms with E-state index in [0.717, 1.165) is 63.9 Å². The molecule has 1 saturated heterocycles. The molecule has 0 spiro atoms. The van der Waals surface area contributed by atoms with Crippen LogP contribution in [0.2, 0.25) is 0 Å². The first kappa shape index (κ1) is 17.6. The van der Waals surface area contributed by atoms with E-state index in [1.807, 2.05) is 6.92 Å². The van der Waals surface area contributed by atoms with Gasteiger partial charge in [-0.05, 0) is 38.0 Å². The summed E-state index contributed by atoms with van der Waals surface area (Å²) < 4.78 is 5.47. The average molecular weight is 332 g/mol. The zero-order valence-corrected chi connectivity index (χ0v) is 15.8. The number of aryl methyl sites for hydroxylation is 2. The highest BCUT2D eigenvalue weighted by Gasteiger charge is 2.27. The van der Waals surface area contributed by atoms with Crippen LogP contribution in [0.25, 0.3) is 0 Å². The molecule has 3 rings (SSSR count). The molecule has 0 unspecified atom stereocenters. The van der Waals surface area contributed by atoms with Crippen molar-refractivity contribution in [2.75, 3.05) is 51.3 Å². The first-order valence-electron chi connectivity index (χ1n) is 9.32. The molecule has 1 aliphatic heterocycles. The van der Waals surface area contributed by atoms with Crippen molar-refractivity contribution >= 4 is 5.82 Å². The molecular weight excluding hydrogens is 300 g/mol. The minimum atomic E-state index is 0.215. The summed E-state index contributed by atoms with van der Waals surface area (Å²) in [4.78, 5) is 14.4. The number of anilines is 1. The van der Waals surface area contributed by atoms with E-state index in [2.05, 4.69) is 35.7 Å². The van der Waals surface area contributed by atoms with Gasteiger partial charge in [-0.2, -0.15) is 0 Å². The van der Waals surface area contributed by atoms with Gasteiger partial charge in [0.1, 0.15) is 11.6 Å². The summed E-state index contributed by atoms with van der Waals surface area (Å²) >= 11 is 0. The number of nitrogens with zero attached hydrogens (tertiary/aromatic N) is 4. The van der Waals surface area contributed by atoms with E-state index >= 15 is 0 Å². The Hall–Kier alpha value is -1.20.